The standard InChI is InChI=1S/C16H24N2O3/c17-12-14-4-1-2-5-15(14)19-9-8-18-7-3-6-16(13-18)20-10-11-21-16/h1-2,4-5H,3,6-13,17H2. The molecule has 1 aromatic rings. The predicted molar refractivity (Wildman–Crippen MR) is 80.1 cm³/mol. The lowest BCUT2D eigenvalue weighted by atomic mass is 10.0. The molecule has 0 aromatic heterocycles. The van der Waals surface area contributed by atoms with E-state index in [0.717, 1.165) is 43.8 Å². The molecule has 21 heavy (non-hydrogen) atoms. The van der Waals surface area contributed by atoms with Gasteiger partial charge in [0.15, 0.2) is 5.79 Å². The number of rotatable bonds is 5. The van der Waals surface area contributed by atoms with Gasteiger partial charge >= 0.3 is 0 Å². The van der Waals surface area contributed by atoms with Crippen molar-refractivity contribution in [2.45, 2.75) is 25.2 Å². The highest BCUT2D eigenvalue weighted by atomic mass is 16.7. The molecular weight excluding hydrogens is 268 g/mol. The summed E-state index contributed by atoms with van der Waals surface area (Å²) in [6, 6.07) is 7.94. The van der Waals surface area contributed by atoms with E-state index in [1.807, 2.05) is 24.3 Å². The van der Waals surface area contributed by atoms with E-state index in [2.05, 4.69) is 4.90 Å². The number of hydrogen-bond donors (Lipinski definition) is 1. The molecular formula is C16H24N2O3. The molecule has 2 fully saturated rings. The molecule has 1 spiro atoms. The Balaban J connectivity index is 1.49. The van der Waals surface area contributed by atoms with E-state index in [9.17, 15) is 0 Å². The summed E-state index contributed by atoms with van der Waals surface area (Å²) >= 11 is 0. The number of benzene rings is 1. The van der Waals surface area contributed by atoms with E-state index >= 15 is 0 Å². The zero-order valence-corrected chi connectivity index (χ0v) is 12.4. The molecule has 1 aromatic carbocycles. The fraction of sp³-hybridized carbons (Fsp3) is 0.625. The molecule has 0 atom stereocenters. The van der Waals surface area contributed by atoms with Crippen molar-refractivity contribution < 1.29 is 14.2 Å². The zero-order chi connectivity index (χ0) is 14.5. The topological polar surface area (TPSA) is 57.0 Å². The quantitative estimate of drug-likeness (QED) is 0.888. The Kier molecular flexibility index (Phi) is 4.75. The summed E-state index contributed by atoms with van der Waals surface area (Å²) in [5.74, 6) is 0.535. The van der Waals surface area contributed by atoms with Crippen LogP contribution < -0.4 is 10.5 Å². The van der Waals surface area contributed by atoms with Gasteiger partial charge in [-0.25, -0.2) is 0 Å². The minimum Gasteiger partial charge on any atom is -0.492 e. The van der Waals surface area contributed by atoms with E-state index < -0.39 is 0 Å². The number of nitrogens with two attached hydrogens (primary N) is 1. The van der Waals surface area contributed by atoms with Crippen molar-refractivity contribution in [3.05, 3.63) is 29.8 Å². The average Bonchev–Trinajstić information content (AvgIpc) is 2.95. The number of likely N-dealkylation sites (tertiary alicyclic amines) is 1. The molecule has 2 N–H and O–H groups in total. The largest absolute Gasteiger partial charge is 0.492 e. The normalized spacial score (nSPS) is 21.8. The Morgan fingerprint density at radius 3 is 2.86 bits per heavy atom. The van der Waals surface area contributed by atoms with Crippen LogP contribution in [0.4, 0.5) is 0 Å². The first-order valence-corrected chi connectivity index (χ1v) is 7.72. The highest BCUT2D eigenvalue weighted by Crippen LogP contribution is 2.29. The predicted octanol–water partition coefficient (Wildman–Crippen LogP) is 1.36. The second kappa shape index (κ2) is 6.75. The van der Waals surface area contributed by atoms with Crippen molar-refractivity contribution in [3.8, 4) is 5.75 Å². The monoisotopic (exact) mass is 292 g/mol. The first kappa shape index (κ1) is 14.8. The third-order valence-corrected chi connectivity index (χ3v) is 4.17. The fourth-order valence-corrected chi connectivity index (χ4v) is 3.09. The van der Waals surface area contributed by atoms with E-state index in [1.165, 1.54) is 0 Å². The minimum atomic E-state index is -0.354. The second-order valence-corrected chi connectivity index (χ2v) is 5.65. The summed E-state index contributed by atoms with van der Waals surface area (Å²) < 4.78 is 17.5. The Labute approximate surface area is 126 Å². The van der Waals surface area contributed by atoms with Gasteiger partial charge in [-0.3, -0.25) is 4.90 Å². The third kappa shape index (κ3) is 3.55. The minimum absolute atomic E-state index is 0.354. The summed E-state index contributed by atoms with van der Waals surface area (Å²) in [5, 5.41) is 0. The molecule has 0 bridgehead atoms. The number of ether oxygens (including phenoxy) is 3. The van der Waals surface area contributed by atoms with Crippen molar-refractivity contribution >= 4 is 0 Å². The van der Waals surface area contributed by atoms with Crippen LogP contribution in [0, 0.1) is 0 Å². The van der Waals surface area contributed by atoms with Crippen LogP contribution in [0.2, 0.25) is 0 Å². The Bertz CT molecular complexity index is 461. The van der Waals surface area contributed by atoms with Crippen molar-refractivity contribution in [1.29, 1.82) is 0 Å². The second-order valence-electron chi connectivity index (χ2n) is 5.65. The summed E-state index contributed by atoms with van der Waals surface area (Å²) in [4.78, 5) is 2.36. The van der Waals surface area contributed by atoms with Crippen LogP contribution in [0.1, 0.15) is 18.4 Å². The Morgan fingerprint density at radius 2 is 2.05 bits per heavy atom. The number of para-hydroxylation sites is 1. The molecule has 0 amide bonds. The maximum atomic E-state index is 5.88. The SMILES string of the molecule is NCc1ccccc1OCCN1CCCC2(C1)OCCO2. The van der Waals surface area contributed by atoms with Gasteiger partial charge in [-0.15, -0.1) is 0 Å². The van der Waals surface area contributed by atoms with Crippen LogP contribution in [0.25, 0.3) is 0 Å². The number of nitrogens with zero attached hydrogens (tertiary/aromatic N) is 1. The summed E-state index contributed by atoms with van der Waals surface area (Å²) in [6.07, 6.45) is 2.11. The van der Waals surface area contributed by atoms with Gasteiger partial charge in [0.2, 0.25) is 0 Å². The lowest BCUT2D eigenvalue weighted by Gasteiger charge is -2.38. The summed E-state index contributed by atoms with van der Waals surface area (Å²) in [7, 11) is 0. The van der Waals surface area contributed by atoms with Gasteiger partial charge < -0.3 is 19.9 Å². The molecule has 5 heteroatoms. The van der Waals surface area contributed by atoms with Crippen molar-refractivity contribution in [2.24, 2.45) is 5.73 Å². The summed E-state index contributed by atoms with van der Waals surface area (Å²) in [5.41, 5.74) is 6.77. The van der Waals surface area contributed by atoms with E-state index in [-0.39, 0.29) is 5.79 Å². The molecule has 5 nitrogen and oxygen atoms in total. The lowest BCUT2D eigenvalue weighted by Crippen LogP contribution is -2.49. The summed E-state index contributed by atoms with van der Waals surface area (Å²) in [6.45, 7) is 5.40. The third-order valence-electron chi connectivity index (χ3n) is 4.17. The smallest absolute Gasteiger partial charge is 0.181 e. The molecule has 2 saturated heterocycles. The van der Waals surface area contributed by atoms with Gasteiger partial charge in [0.1, 0.15) is 12.4 Å². The molecule has 0 aliphatic carbocycles. The maximum Gasteiger partial charge on any atom is 0.181 e. The van der Waals surface area contributed by atoms with Gasteiger partial charge in [0.25, 0.3) is 0 Å². The first-order chi connectivity index (χ1) is 10.3. The number of piperidine rings is 1. The van der Waals surface area contributed by atoms with Crippen LogP contribution in [0.3, 0.4) is 0 Å². The van der Waals surface area contributed by atoms with Gasteiger partial charge in [0.05, 0.1) is 19.8 Å². The van der Waals surface area contributed by atoms with Crippen molar-refractivity contribution in [3.63, 3.8) is 0 Å². The van der Waals surface area contributed by atoms with Crippen LogP contribution in [-0.2, 0) is 16.0 Å². The molecule has 0 saturated carbocycles. The molecule has 116 valence electrons. The molecule has 0 unspecified atom stereocenters. The van der Waals surface area contributed by atoms with E-state index in [1.54, 1.807) is 0 Å². The molecule has 2 aliphatic rings. The van der Waals surface area contributed by atoms with Crippen LogP contribution in [-0.4, -0.2) is 50.1 Å². The van der Waals surface area contributed by atoms with Gasteiger partial charge in [-0.2, -0.15) is 0 Å². The van der Waals surface area contributed by atoms with Crippen molar-refractivity contribution in [2.75, 3.05) is 39.5 Å². The van der Waals surface area contributed by atoms with E-state index in [0.29, 0.717) is 26.4 Å². The Hall–Kier alpha value is -1.14. The molecule has 2 heterocycles. The van der Waals surface area contributed by atoms with Crippen molar-refractivity contribution in [1.82, 2.24) is 4.90 Å². The van der Waals surface area contributed by atoms with Gasteiger partial charge in [-0.05, 0) is 19.0 Å². The van der Waals surface area contributed by atoms with Gasteiger partial charge in [0, 0.05) is 25.1 Å². The highest BCUT2D eigenvalue weighted by molar-refractivity contribution is 5.32. The van der Waals surface area contributed by atoms with Crippen LogP contribution >= 0.6 is 0 Å². The van der Waals surface area contributed by atoms with E-state index in [4.69, 9.17) is 19.9 Å². The molecule has 3 rings (SSSR count). The average molecular weight is 292 g/mol. The van der Waals surface area contributed by atoms with Crippen LogP contribution in [0.5, 0.6) is 5.75 Å². The number of hydrogen-bond acceptors (Lipinski definition) is 5. The molecule has 0 radical (unpaired) electrons. The van der Waals surface area contributed by atoms with Crippen LogP contribution in [0.15, 0.2) is 24.3 Å². The zero-order valence-electron chi connectivity index (χ0n) is 12.4. The maximum absolute atomic E-state index is 5.88. The Morgan fingerprint density at radius 1 is 1.24 bits per heavy atom. The fourth-order valence-electron chi connectivity index (χ4n) is 3.09. The first-order valence-electron chi connectivity index (χ1n) is 7.72. The molecule has 2 aliphatic heterocycles. The highest BCUT2D eigenvalue weighted by Gasteiger charge is 2.40. The lowest BCUT2D eigenvalue weighted by molar-refractivity contribution is -0.189. The van der Waals surface area contributed by atoms with Gasteiger partial charge in [-0.1, -0.05) is 18.2 Å².